The van der Waals surface area contributed by atoms with E-state index in [4.69, 9.17) is 4.52 Å². The molecule has 172 valence electrons. The Bertz CT molecular complexity index is 883. The number of aryl methyl sites for hydroxylation is 1. The van der Waals surface area contributed by atoms with Gasteiger partial charge >= 0.3 is 0 Å². The molecule has 0 unspecified atom stereocenters. The lowest BCUT2D eigenvalue weighted by atomic mass is 10.1. The van der Waals surface area contributed by atoms with Crippen LogP contribution in [0.25, 0.3) is 0 Å². The third kappa shape index (κ3) is 8.08. The van der Waals surface area contributed by atoms with Gasteiger partial charge in [0.1, 0.15) is 12.0 Å². The molecular formula is C21H32IN5O3S. The Morgan fingerprint density at radius 2 is 1.84 bits per heavy atom. The van der Waals surface area contributed by atoms with Crippen LogP contribution in [0, 0.1) is 0 Å². The van der Waals surface area contributed by atoms with E-state index < -0.39 is 10.0 Å². The number of aliphatic imine (C=N–C) groups is 1. The first-order chi connectivity index (χ1) is 14.6. The van der Waals surface area contributed by atoms with E-state index in [0.29, 0.717) is 31.9 Å². The van der Waals surface area contributed by atoms with Gasteiger partial charge in [-0.2, -0.15) is 4.31 Å². The molecule has 3 rings (SSSR count). The maximum Gasteiger partial charge on any atom is 0.220 e. The Morgan fingerprint density at radius 1 is 1.10 bits per heavy atom. The predicted octanol–water partition coefficient (Wildman–Crippen LogP) is 2.73. The largest absolute Gasteiger partial charge is 0.364 e. The van der Waals surface area contributed by atoms with Gasteiger partial charge < -0.3 is 14.7 Å². The molecule has 1 saturated heterocycles. The van der Waals surface area contributed by atoms with Crippen molar-refractivity contribution in [2.24, 2.45) is 4.99 Å². The fourth-order valence-electron chi connectivity index (χ4n) is 3.58. The van der Waals surface area contributed by atoms with E-state index >= 15 is 0 Å². The summed E-state index contributed by atoms with van der Waals surface area (Å²) in [4.78, 5) is 6.48. The average molecular weight is 561 g/mol. The number of aromatic nitrogens is 1. The van der Waals surface area contributed by atoms with Gasteiger partial charge in [-0.1, -0.05) is 41.9 Å². The molecule has 0 aliphatic carbocycles. The SMILES string of the molecule is CN=C(NCCCCCc1ccccc1)N1CCN(S(=O)(=O)Cc2ccon2)CC1.I. The van der Waals surface area contributed by atoms with Crippen molar-refractivity contribution >= 4 is 40.0 Å². The Labute approximate surface area is 202 Å². The highest BCUT2D eigenvalue weighted by Crippen LogP contribution is 2.13. The number of hydrogen-bond donors (Lipinski definition) is 1. The lowest BCUT2D eigenvalue weighted by molar-refractivity contribution is 0.260. The fourth-order valence-corrected chi connectivity index (χ4v) is 5.00. The minimum atomic E-state index is -3.39. The minimum absolute atomic E-state index is 0. The van der Waals surface area contributed by atoms with Gasteiger partial charge in [0.15, 0.2) is 5.96 Å². The van der Waals surface area contributed by atoms with Crippen molar-refractivity contribution in [3.05, 3.63) is 53.9 Å². The normalized spacial score (nSPS) is 15.5. The molecule has 0 amide bonds. The van der Waals surface area contributed by atoms with Gasteiger partial charge in [-0.15, -0.1) is 24.0 Å². The topological polar surface area (TPSA) is 91.0 Å². The molecule has 1 aromatic heterocycles. The van der Waals surface area contributed by atoms with E-state index in [1.165, 1.54) is 22.6 Å². The van der Waals surface area contributed by atoms with Crippen LogP contribution in [-0.2, 0) is 22.2 Å². The first kappa shape index (κ1) is 25.6. The predicted molar refractivity (Wildman–Crippen MR) is 133 cm³/mol. The second kappa shape index (κ2) is 13.0. The molecule has 10 heteroatoms. The summed E-state index contributed by atoms with van der Waals surface area (Å²) in [6, 6.07) is 12.1. The Kier molecular flexibility index (Phi) is 10.7. The number of halogens is 1. The molecule has 0 saturated carbocycles. The zero-order valence-electron chi connectivity index (χ0n) is 17.9. The first-order valence-electron chi connectivity index (χ1n) is 10.4. The summed E-state index contributed by atoms with van der Waals surface area (Å²) in [6.45, 7) is 2.99. The number of nitrogens with zero attached hydrogens (tertiary/aromatic N) is 4. The van der Waals surface area contributed by atoms with Crippen LogP contribution in [0.5, 0.6) is 0 Å². The highest BCUT2D eigenvalue weighted by atomic mass is 127. The zero-order valence-corrected chi connectivity index (χ0v) is 21.1. The zero-order chi connectivity index (χ0) is 21.2. The summed E-state index contributed by atoms with van der Waals surface area (Å²) in [7, 11) is -1.62. The van der Waals surface area contributed by atoms with E-state index in [1.807, 2.05) is 6.07 Å². The van der Waals surface area contributed by atoms with E-state index in [1.54, 1.807) is 13.1 Å². The molecule has 1 aromatic carbocycles. The Hall–Kier alpha value is -1.66. The van der Waals surface area contributed by atoms with Crippen LogP contribution < -0.4 is 5.32 Å². The second-order valence-electron chi connectivity index (χ2n) is 7.40. The van der Waals surface area contributed by atoms with Gasteiger partial charge in [-0.05, 0) is 24.8 Å². The van der Waals surface area contributed by atoms with Crippen LogP contribution in [0.4, 0.5) is 0 Å². The number of nitrogens with one attached hydrogen (secondary N) is 1. The highest BCUT2D eigenvalue weighted by Gasteiger charge is 2.28. The maximum atomic E-state index is 12.6. The molecule has 1 fully saturated rings. The minimum Gasteiger partial charge on any atom is -0.364 e. The van der Waals surface area contributed by atoms with Crippen LogP contribution in [0.15, 0.2) is 52.2 Å². The van der Waals surface area contributed by atoms with Gasteiger partial charge in [0, 0.05) is 45.8 Å². The van der Waals surface area contributed by atoms with Gasteiger partial charge in [0.05, 0.1) is 5.69 Å². The Morgan fingerprint density at radius 3 is 2.48 bits per heavy atom. The lowest BCUT2D eigenvalue weighted by Crippen LogP contribution is -2.54. The third-order valence-corrected chi connectivity index (χ3v) is 7.05. The van der Waals surface area contributed by atoms with Crippen molar-refractivity contribution in [3.8, 4) is 0 Å². The monoisotopic (exact) mass is 561 g/mol. The third-order valence-electron chi connectivity index (χ3n) is 5.23. The number of rotatable bonds is 9. The molecule has 0 radical (unpaired) electrons. The molecular weight excluding hydrogens is 529 g/mol. The van der Waals surface area contributed by atoms with Gasteiger partial charge in [0.2, 0.25) is 10.0 Å². The smallest absolute Gasteiger partial charge is 0.220 e. The first-order valence-corrected chi connectivity index (χ1v) is 12.1. The molecule has 2 aromatic rings. The maximum absolute atomic E-state index is 12.6. The van der Waals surface area contributed by atoms with Gasteiger partial charge in [0.25, 0.3) is 0 Å². The van der Waals surface area contributed by atoms with Crippen molar-refractivity contribution in [1.82, 2.24) is 19.7 Å². The van der Waals surface area contributed by atoms with E-state index in [0.717, 1.165) is 31.8 Å². The van der Waals surface area contributed by atoms with Crippen molar-refractivity contribution in [3.63, 3.8) is 0 Å². The molecule has 0 atom stereocenters. The fraction of sp³-hybridized carbons (Fsp3) is 0.524. The van der Waals surface area contributed by atoms with E-state index in [2.05, 4.69) is 44.6 Å². The lowest BCUT2D eigenvalue weighted by Gasteiger charge is -2.35. The second-order valence-corrected chi connectivity index (χ2v) is 9.37. The van der Waals surface area contributed by atoms with Crippen molar-refractivity contribution in [2.75, 3.05) is 39.8 Å². The van der Waals surface area contributed by atoms with E-state index in [-0.39, 0.29) is 29.7 Å². The van der Waals surface area contributed by atoms with Crippen LogP contribution in [0.3, 0.4) is 0 Å². The quantitative estimate of drug-likeness (QED) is 0.219. The molecule has 2 heterocycles. The summed E-state index contributed by atoms with van der Waals surface area (Å²) in [5.74, 6) is 0.714. The number of unbranched alkanes of at least 4 members (excludes halogenated alkanes) is 2. The number of benzene rings is 1. The number of piperazine rings is 1. The highest BCUT2D eigenvalue weighted by molar-refractivity contribution is 14.0. The Balaban J connectivity index is 0.00000341. The van der Waals surface area contributed by atoms with Crippen LogP contribution >= 0.6 is 24.0 Å². The summed E-state index contributed by atoms with van der Waals surface area (Å²) in [5.41, 5.74) is 1.82. The molecule has 1 N–H and O–H groups in total. The van der Waals surface area contributed by atoms with Crippen LogP contribution in [0.2, 0.25) is 0 Å². The standard InChI is InChI=1S/C21H31N5O3S.HI/c1-22-21(23-12-7-3-6-10-19-8-4-2-5-9-19)25-13-15-26(16-14-25)30(27,28)18-20-11-17-29-24-20;/h2,4-5,8-9,11,17H,3,6-7,10,12-16,18H2,1H3,(H,22,23);1H. The van der Waals surface area contributed by atoms with Crippen molar-refractivity contribution < 1.29 is 12.9 Å². The molecule has 0 spiro atoms. The summed E-state index contributed by atoms with van der Waals surface area (Å²) >= 11 is 0. The van der Waals surface area contributed by atoms with Crippen molar-refractivity contribution in [1.29, 1.82) is 0 Å². The summed E-state index contributed by atoms with van der Waals surface area (Å²) in [6.07, 6.45) is 5.91. The molecule has 1 aliphatic rings. The van der Waals surface area contributed by atoms with Crippen LogP contribution in [0.1, 0.15) is 30.5 Å². The molecule has 0 bridgehead atoms. The number of hydrogen-bond acceptors (Lipinski definition) is 5. The van der Waals surface area contributed by atoms with Crippen molar-refractivity contribution in [2.45, 2.75) is 31.4 Å². The molecule has 8 nitrogen and oxygen atoms in total. The molecule has 31 heavy (non-hydrogen) atoms. The van der Waals surface area contributed by atoms with Gasteiger partial charge in [-0.25, -0.2) is 8.42 Å². The summed E-state index contributed by atoms with van der Waals surface area (Å²) in [5, 5.41) is 7.12. The molecule has 1 aliphatic heterocycles. The van der Waals surface area contributed by atoms with Crippen LogP contribution in [-0.4, -0.2) is 68.5 Å². The average Bonchev–Trinajstić information content (AvgIpc) is 3.26. The summed E-state index contributed by atoms with van der Waals surface area (Å²) < 4.78 is 31.4. The van der Waals surface area contributed by atoms with Gasteiger partial charge in [-0.3, -0.25) is 4.99 Å². The number of guanidine groups is 1. The number of sulfonamides is 1. The van der Waals surface area contributed by atoms with E-state index in [9.17, 15) is 8.42 Å².